The third kappa shape index (κ3) is 3.58. The van der Waals surface area contributed by atoms with Crippen LogP contribution < -0.4 is 5.32 Å². The third-order valence-corrected chi connectivity index (χ3v) is 3.69. The molecule has 1 rings (SSSR count). The van der Waals surface area contributed by atoms with Crippen molar-refractivity contribution in [1.82, 2.24) is 15.1 Å². The summed E-state index contributed by atoms with van der Waals surface area (Å²) in [7, 11) is 2.03. The molecule has 0 aliphatic rings. The van der Waals surface area contributed by atoms with Gasteiger partial charge in [-0.25, -0.2) is 0 Å². The molecule has 0 amide bonds. The molecule has 18 heavy (non-hydrogen) atoms. The molecule has 3 heteroatoms. The van der Waals surface area contributed by atoms with Crippen LogP contribution in [0.4, 0.5) is 0 Å². The van der Waals surface area contributed by atoms with Crippen LogP contribution in [-0.4, -0.2) is 16.8 Å². The molecule has 0 fully saturated rings. The molecular formula is C15H29N3. The summed E-state index contributed by atoms with van der Waals surface area (Å²) in [5, 5.41) is 8.08. The van der Waals surface area contributed by atoms with Crippen LogP contribution in [0.5, 0.6) is 0 Å². The summed E-state index contributed by atoms with van der Waals surface area (Å²) in [6.07, 6.45) is 3.60. The zero-order valence-corrected chi connectivity index (χ0v) is 12.9. The van der Waals surface area contributed by atoms with E-state index in [0.29, 0.717) is 6.04 Å². The normalized spacial score (nSPS) is 13.3. The second-order valence-electron chi connectivity index (χ2n) is 5.59. The van der Waals surface area contributed by atoms with Gasteiger partial charge in [-0.05, 0) is 46.1 Å². The van der Waals surface area contributed by atoms with Crippen LogP contribution in [0, 0.1) is 19.8 Å². The van der Waals surface area contributed by atoms with Gasteiger partial charge >= 0.3 is 0 Å². The van der Waals surface area contributed by atoms with Crippen LogP contribution in [0.15, 0.2) is 0 Å². The van der Waals surface area contributed by atoms with Gasteiger partial charge in [-0.2, -0.15) is 5.10 Å². The minimum Gasteiger partial charge on any atom is -0.313 e. The fourth-order valence-corrected chi connectivity index (χ4v) is 2.63. The first-order valence-electron chi connectivity index (χ1n) is 7.22. The minimum absolute atomic E-state index is 0.434. The van der Waals surface area contributed by atoms with Crippen molar-refractivity contribution in [3.63, 3.8) is 0 Å². The highest BCUT2D eigenvalue weighted by Gasteiger charge is 2.17. The largest absolute Gasteiger partial charge is 0.313 e. The Morgan fingerprint density at radius 3 is 2.44 bits per heavy atom. The Balaban J connectivity index is 2.80. The second-order valence-corrected chi connectivity index (χ2v) is 5.59. The van der Waals surface area contributed by atoms with Gasteiger partial charge in [-0.1, -0.05) is 20.8 Å². The van der Waals surface area contributed by atoms with E-state index in [9.17, 15) is 0 Å². The number of nitrogens with zero attached hydrogens (tertiary/aromatic N) is 2. The Hall–Kier alpha value is -0.830. The van der Waals surface area contributed by atoms with E-state index in [4.69, 9.17) is 5.10 Å². The van der Waals surface area contributed by atoms with Gasteiger partial charge in [0.2, 0.25) is 0 Å². The average molecular weight is 251 g/mol. The molecule has 0 aromatic carbocycles. The van der Waals surface area contributed by atoms with Crippen LogP contribution in [0.25, 0.3) is 0 Å². The van der Waals surface area contributed by atoms with E-state index in [0.717, 1.165) is 18.9 Å². The van der Waals surface area contributed by atoms with Gasteiger partial charge in [0.25, 0.3) is 0 Å². The third-order valence-electron chi connectivity index (χ3n) is 3.69. The Kier molecular flexibility index (Phi) is 5.86. The summed E-state index contributed by atoms with van der Waals surface area (Å²) < 4.78 is 2.19. The van der Waals surface area contributed by atoms with Crippen molar-refractivity contribution in [3.05, 3.63) is 17.0 Å². The van der Waals surface area contributed by atoms with Gasteiger partial charge in [0.15, 0.2) is 0 Å². The molecular weight excluding hydrogens is 222 g/mol. The topological polar surface area (TPSA) is 29.9 Å². The molecule has 1 heterocycles. The monoisotopic (exact) mass is 251 g/mol. The number of aryl methyl sites for hydroxylation is 2. The van der Waals surface area contributed by atoms with E-state index in [1.165, 1.54) is 29.8 Å². The molecule has 0 radical (unpaired) electrons. The predicted octanol–water partition coefficient (Wildman–Crippen LogP) is 3.61. The molecule has 1 atom stereocenters. The Bertz CT molecular complexity index is 362. The summed E-state index contributed by atoms with van der Waals surface area (Å²) in [4.78, 5) is 0. The van der Waals surface area contributed by atoms with Gasteiger partial charge in [0.05, 0.1) is 5.69 Å². The molecule has 1 N–H and O–H groups in total. The highest BCUT2D eigenvalue weighted by atomic mass is 15.3. The lowest BCUT2D eigenvalue weighted by molar-refractivity contribution is 0.481. The number of hydrogen-bond acceptors (Lipinski definition) is 2. The highest BCUT2D eigenvalue weighted by molar-refractivity contribution is 5.28. The summed E-state index contributed by atoms with van der Waals surface area (Å²) in [5.74, 6) is 0.780. The SMILES string of the molecule is CCC(NC)c1c(C)nn(CCCC(C)C)c1C. The molecule has 1 unspecified atom stereocenters. The fraction of sp³-hybridized carbons (Fsp3) is 0.800. The average Bonchev–Trinajstić information content (AvgIpc) is 2.58. The lowest BCUT2D eigenvalue weighted by atomic mass is 10.0. The smallest absolute Gasteiger partial charge is 0.0644 e. The van der Waals surface area contributed by atoms with Crippen LogP contribution in [-0.2, 0) is 6.54 Å². The van der Waals surface area contributed by atoms with Crippen molar-refractivity contribution in [3.8, 4) is 0 Å². The zero-order valence-electron chi connectivity index (χ0n) is 12.9. The Labute approximate surface area is 112 Å². The molecule has 0 aliphatic heterocycles. The van der Waals surface area contributed by atoms with Gasteiger partial charge in [0.1, 0.15) is 0 Å². The first kappa shape index (κ1) is 15.2. The molecule has 0 saturated heterocycles. The van der Waals surface area contributed by atoms with Crippen molar-refractivity contribution >= 4 is 0 Å². The minimum atomic E-state index is 0.434. The standard InChI is InChI=1S/C15H29N3/c1-7-14(16-6)15-12(4)17-18(13(15)5)10-8-9-11(2)3/h11,14,16H,7-10H2,1-6H3. The molecule has 0 bridgehead atoms. The molecule has 3 nitrogen and oxygen atoms in total. The highest BCUT2D eigenvalue weighted by Crippen LogP contribution is 2.24. The Morgan fingerprint density at radius 2 is 1.94 bits per heavy atom. The van der Waals surface area contributed by atoms with Crippen molar-refractivity contribution in [2.45, 2.75) is 66.5 Å². The van der Waals surface area contributed by atoms with E-state index in [1.54, 1.807) is 0 Å². The maximum Gasteiger partial charge on any atom is 0.0644 e. The Morgan fingerprint density at radius 1 is 1.28 bits per heavy atom. The first-order chi connectivity index (χ1) is 8.51. The lowest BCUT2D eigenvalue weighted by Gasteiger charge is -2.15. The van der Waals surface area contributed by atoms with E-state index >= 15 is 0 Å². The van der Waals surface area contributed by atoms with Crippen LogP contribution in [0.1, 0.15) is 63.0 Å². The maximum absolute atomic E-state index is 4.70. The quantitative estimate of drug-likeness (QED) is 0.802. The summed E-state index contributed by atoms with van der Waals surface area (Å²) in [6, 6.07) is 0.434. The number of hydrogen-bond donors (Lipinski definition) is 1. The number of nitrogens with one attached hydrogen (secondary N) is 1. The van der Waals surface area contributed by atoms with Crippen LogP contribution >= 0.6 is 0 Å². The molecule has 0 spiro atoms. The fourth-order valence-electron chi connectivity index (χ4n) is 2.63. The number of rotatable bonds is 7. The number of aromatic nitrogens is 2. The van der Waals surface area contributed by atoms with E-state index in [-0.39, 0.29) is 0 Å². The molecule has 0 aliphatic carbocycles. The van der Waals surface area contributed by atoms with E-state index in [2.05, 4.69) is 44.6 Å². The van der Waals surface area contributed by atoms with Crippen molar-refractivity contribution in [2.75, 3.05) is 7.05 Å². The van der Waals surface area contributed by atoms with Gasteiger partial charge in [0, 0.05) is 23.8 Å². The van der Waals surface area contributed by atoms with Crippen molar-refractivity contribution < 1.29 is 0 Å². The van der Waals surface area contributed by atoms with E-state index in [1.807, 2.05) is 7.05 Å². The first-order valence-corrected chi connectivity index (χ1v) is 7.22. The van der Waals surface area contributed by atoms with Crippen LogP contribution in [0.2, 0.25) is 0 Å². The van der Waals surface area contributed by atoms with Crippen LogP contribution in [0.3, 0.4) is 0 Å². The van der Waals surface area contributed by atoms with Gasteiger partial charge in [-0.3, -0.25) is 4.68 Å². The maximum atomic E-state index is 4.70. The molecule has 1 aromatic rings. The lowest BCUT2D eigenvalue weighted by Crippen LogP contribution is -2.17. The summed E-state index contributed by atoms with van der Waals surface area (Å²) in [5.41, 5.74) is 3.90. The summed E-state index contributed by atoms with van der Waals surface area (Å²) >= 11 is 0. The predicted molar refractivity (Wildman–Crippen MR) is 77.9 cm³/mol. The second kappa shape index (κ2) is 6.93. The van der Waals surface area contributed by atoms with Gasteiger partial charge in [-0.15, -0.1) is 0 Å². The van der Waals surface area contributed by atoms with E-state index < -0.39 is 0 Å². The van der Waals surface area contributed by atoms with Gasteiger partial charge < -0.3 is 5.32 Å². The molecule has 1 aromatic heterocycles. The molecule has 0 saturated carbocycles. The molecule has 104 valence electrons. The van der Waals surface area contributed by atoms with Crippen molar-refractivity contribution in [2.24, 2.45) is 5.92 Å². The summed E-state index contributed by atoms with van der Waals surface area (Å²) in [6.45, 7) is 12.1. The zero-order chi connectivity index (χ0) is 13.7. The van der Waals surface area contributed by atoms with Crippen molar-refractivity contribution in [1.29, 1.82) is 0 Å².